The molecule has 0 aliphatic carbocycles. The zero-order valence-corrected chi connectivity index (χ0v) is 13.0. The van der Waals surface area contributed by atoms with E-state index in [2.05, 4.69) is 31.0 Å². The second-order valence-corrected chi connectivity index (χ2v) is 5.29. The summed E-state index contributed by atoms with van der Waals surface area (Å²) >= 11 is 0. The van der Waals surface area contributed by atoms with Crippen molar-refractivity contribution in [3.63, 3.8) is 0 Å². The molecule has 0 fully saturated rings. The smallest absolute Gasteiger partial charge is 0.313 e. The van der Waals surface area contributed by atoms with Gasteiger partial charge in [0.2, 0.25) is 0 Å². The molecule has 5 heteroatoms. The predicted octanol–water partition coefficient (Wildman–Crippen LogP) is 3.57. The first-order valence-corrected chi connectivity index (χ1v) is 7.48. The number of nitrogens with zero attached hydrogens (tertiary/aromatic N) is 1. The van der Waals surface area contributed by atoms with Crippen molar-refractivity contribution >= 4 is 0 Å². The third-order valence-electron chi connectivity index (χ3n) is 3.61. The zero-order chi connectivity index (χ0) is 15.9. The van der Waals surface area contributed by atoms with Crippen molar-refractivity contribution in [3.05, 3.63) is 35.4 Å². The second kappa shape index (κ2) is 8.39. The van der Waals surface area contributed by atoms with Crippen LogP contribution in [0.15, 0.2) is 24.3 Å². The van der Waals surface area contributed by atoms with Crippen LogP contribution < -0.4 is 5.32 Å². The molecule has 0 aliphatic rings. The van der Waals surface area contributed by atoms with Crippen LogP contribution in [0.2, 0.25) is 0 Å². The third kappa shape index (κ3) is 6.48. The molecule has 120 valence electrons. The van der Waals surface area contributed by atoms with Crippen molar-refractivity contribution in [1.82, 2.24) is 10.2 Å². The minimum atomic E-state index is -4.25. The van der Waals surface area contributed by atoms with E-state index in [1.807, 2.05) is 0 Å². The van der Waals surface area contributed by atoms with Gasteiger partial charge >= 0.3 is 6.18 Å². The third-order valence-corrected chi connectivity index (χ3v) is 3.61. The van der Waals surface area contributed by atoms with Crippen LogP contribution in [0.25, 0.3) is 0 Å². The molecule has 1 aromatic rings. The normalized spacial score (nSPS) is 13.7. The summed E-state index contributed by atoms with van der Waals surface area (Å²) in [5.41, 5.74) is 0.333. The van der Waals surface area contributed by atoms with Gasteiger partial charge in [-0.3, -0.25) is 0 Å². The van der Waals surface area contributed by atoms with E-state index in [9.17, 15) is 13.2 Å². The lowest BCUT2D eigenvalue weighted by Gasteiger charge is -2.23. The number of nitrogens with one attached hydrogen (secondary N) is 1. The summed E-state index contributed by atoms with van der Waals surface area (Å²) in [5, 5.41) is 3.41. The maximum absolute atomic E-state index is 12.4. The molecule has 0 amide bonds. The van der Waals surface area contributed by atoms with Gasteiger partial charge in [-0.2, -0.15) is 13.2 Å². The van der Waals surface area contributed by atoms with Gasteiger partial charge in [-0.25, -0.2) is 0 Å². The van der Waals surface area contributed by atoms with E-state index in [1.165, 1.54) is 0 Å². The average Bonchev–Trinajstić information content (AvgIpc) is 2.44. The van der Waals surface area contributed by atoms with Gasteiger partial charge in [0.25, 0.3) is 0 Å². The molecule has 1 unspecified atom stereocenters. The summed E-state index contributed by atoms with van der Waals surface area (Å²) in [6.07, 6.45) is -3.52. The number of hydrogen-bond donors (Lipinski definition) is 1. The molecule has 1 rings (SSSR count). The maximum Gasteiger partial charge on any atom is 0.416 e. The van der Waals surface area contributed by atoms with Crippen LogP contribution in [-0.2, 0) is 12.6 Å². The average molecular weight is 302 g/mol. The van der Waals surface area contributed by atoms with Gasteiger partial charge in [-0.15, -0.1) is 0 Å². The highest BCUT2D eigenvalue weighted by Gasteiger charge is 2.29. The van der Waals surface area contributed by atoms with Crippen LogP contribution in [0.4, 0.5) is 13.2 Å². The maximum atomic E-state index is 12.4. The zero-order valence-electron chi connectivity index (χ0n) is 13.0. The SMILES string of the molecule is CCN(CC)CC(C)NCCc1ccc(C(F)(F)F)cc1. The molecule has 0 aromatic heterocycles. The molecule has 0 saturated carbocycles. The van der Waals surface area contributed by atoms with Crippen LogP contribution in [0.5, 0.6) is 0 Å². The van der Waals surface area contributed by atoms with Crippen molar-refractivity contribution in [3.8, 4) is 0 Å². The topological polar surface area (TPSA) is 15.3 Å². The van der Waals surface area contributed by atoms with Gasteiger partial charge in [0.05, 0.1) is 5.56 Å². The lowest BCUT2D eigenvalue weighted by molar-refractivity contribution is -0.137. The summed E-state index contributed by atoms with van der Waals surface area (Å²) in [5.74, 6) is 0. The van der Waals surface area contributed by atoms with E-state index in [0.717, 1.165) is 50.3 Å². The van der Waals surface area contributed by atoms with Gasteiger partial charge in [-0.1, -0.05) is 26.0 Å². The Balaban J connectivity index is 2.35. The van der Waals surface area contributed by atoms with Gasteiger partial charge in [0.15, 0.2) is 0 Å². The molecule has 21 heavy (non-hydrogen) atoms. The molecule has 0 saturated heterocycles. The minimum Gasteiger partial charge on any atom is -0.313 e. The molecule has 1 atom stereocenters. The molecule has 0 radical (unpaired) electrons. The highest BCUT2D eigenvalue weighted by molar-refractivity contribution is 5.24. The molecule has 0 heterocycles. The number of likely N-dealkylation sites (N-methyl/N-ethyl adjacent to an activating group) is 1. The Morgan fingerprint density at radius 1 is 1.10 bits per heavy atom. The number of halogens is 3. The monoisotopic (exact) mass is 302 g/mol. The van der Waals surface area contributed by atoms with E-state index in [-0.39, 0.29) is 0 Å². The number of hydrogen-bond acceptors (Lipinski definition) is 2. The van der Waals surface area contributed by atoms with Gasteiger partial charge in [-0.05, 0) is 50.7 Å². The van der Waals surface area contributed by atoms with E-state index in [0.29, 0.717) is 6.04 Å². The molecule has 0 aliphatic heterocycles. The lowest BCUT2D eigenvalue weighted by Crippen LogP contribution is -2.39. The number of benzene rings is 1. The van der Waals surface area contributed by atoms with Crippen LogP contribution in [0.3, 0.4) is 0 Å². The largest absolute Gasteiger partial charge is 0.416 e. The first-order valence-electron chi connectivity index (χ1n) is 7.48. The second-order valence-electron chi connectivity index (χ2n) is 5.29. The highest BCUT2D eigenvalue weighted by Crippen LogP contribution is 2.29. The first-order chi connectivity index (χ1) is 9.86. The number of alkyl halides is 3. The Labute approximate surface area is 125 Å². The molecule has 1 N–H and O–H groups in total. The van der Waals surface area contributed by atoms with Crippen LogP contribution in [-0.4, -0.2) is 37.1 Å². The molecular formula is C16H25F3N2. The van der Waals surface area contributed by atoms with Crippen molar-refractivity contribution < 1.29 is 13.2 Å². The fourth-order valence-corrected chi connectivity index (χ4v) is 2.26. The molecule has 0 bridgehead atoms. The minimum absolute atomic E-state index is 0.374. The fraction of sp³-hybridized carbons (Fsp3) is 0.625. The van der Waals surface area contributed by atoms with E-state index in [1.54, 1.807) is 12.1 Å². The summed E-state index contributed by atoms with van der Waals surface area (Å²) in [4.78, 5) is 2.34. The van der Waals surface area contributed by atoms with Crippen molar-refractivity contribution in [2.45, 2.75) is 39.4 Å². The molecular weight excluding hydrogens is 277 g/mol. The van der Waals surface area contributed by atoms with Crippen LogP contribution >= 0.6 is 0 Å². The Hall–Kier alpha value is -1.07. The van der Waals surface area contributed by atoms with Gasteiger partial charge in [0.1, 0.15) is 0 Å². The van der Waals surface area contributed by atoms with Crippen LogP contribution in [0.1, 0.15) is 31.9 Å². The van der Waals surface area contributed by atoms with Crippen molar-refractivity contribution in [2.75, 3.05) is 26.2 Å². The van der Waals surface area contributed by atoms with Crippen LogP contribution in [0, 0.1) is 0 Å². The van der Waals surface area contributed by atoms with E-state index >= 15 is 0 Å². The van der Waals surface area contributed by atoms with E-state index in [4.69, 9.17) is 0 Å². The Morgan fingerprint density at radius 3 is 2.14 bits per heavy atom. The van der Waals surface area contributed by atoms with E-state index < -0.39 is 11.7 Å². The van der Waals surface area contributed by atoms with Gasteiger partial charge in [0, 0.05) is 12.6 Å². The molecule has 2 nitrogen and oxygen atoms in total. The van der Waals surface area contributed by atoms with Crippen molar-refractivity contribution in [2.24, 2.45) is 0 Å². The van der Waals surface area contributed by atoms with Gasteiger partial charge < -0.3 is 10.2 Å². The summed E-state index contributed by atoms with van der Waals surface area (Å²) < 4.78 is 37.3. The number of rotatable bonds is 8. The fourth-order valence-electron chi connectivity index (χ4n) is 2.26. The molecule has 0 spiro atoms. The summed E-state index contributed by atoms with van der Waals surface area (Å²) in [6.45, 7) is 10.2. The summed E-state index contributed by atoms with van der Waals surface area (Å²) in [6, 6.07) is 5.78. The summed E-state index contributed by atoms with van der Waals surface area (Å²) in [7, 11) is 0. The Morgan fingerprint density at radius 2 is 1.67 bits per heavy atom. The first kappa shape index (κ1) is 18.0. The Bertz CT molecular complexity index is 397. The quantitative estimate of drug-likeness (QED) is 0.790. The Kier molecular flexibility index (Phi) is 7.18. The highest BCUT2D eigenvalue weighted by atomic mass is 19.4. The van der Waals surface area contributed by atoms with Crippen molar-refractivity contribution in [1.29, 1.82) is 0 Å². The predicted molar refractivity (Wildman–Crippen MR) is 80.4 cm³/mol. The standard InChI is InChI=1S/C16H25F3N2/c1-4-21(5-2)12-13(3)20-11-10-14-6-8-15(9-7-14)16(17,18)19/h6-9,13,20H,4-5,10-12H2,1-3H3. The molecule has 1 aromatic carbocycles. The lowest BCUT2D eigenvalue weighted by atomic mass is 10.1.